The highest BCUT2D eigenvalue weighted by molar-refractivity contribution is 5.14. The van der Waals surface area contributed by atoms with Crippen LogP contribution in [0.3, 0.4) is 0 Å². The molecule has 1 atom stereocenters. The summed E-state index contributed by atoms with van der Waals surface area (Å²) in [4.78, 5) is 0. The molecule has 2 rings (SSSR count). The van der Waals surface area contributed by atoms with E-state index >= 15 is 0 Å². The average Bonchev–Trinajstić information content (AvgIpc) is 2.81. The average molecular weight is 201 g/mol. The van der Waals surface area contributed by atoms with Crippen LogP contribution < -0.4 is 5.32 Å². The van der Waals surface area contributed by atoms with Gasteiger partial charge in [-0.15, -0.1) is 0 Å². The number of H-pyrrole nitrogens is 1. The second-order valence-corrected chi connectivity index (χ2v) is 3.60. The molecule has 0 aliphatic heterocycles. The minimum atomic E-state index is 0.299. The Morgan fingerprint density at radius 3 is 2.73 bits per heavy atom. The largest absolute Gasteiger partial charge is 0.305 e. The fourth-order valence-electron chi connectivity index (χ4n) is 1.48. The topological polar surface area (TPSA) is 40.7 Å². The molecule has 0 radical (unpaired) electrons. The molecule has 3 heteroatoms. The lowest BCUT2D eigenvalue weighted by Gasteiger charge is -2.11. The molecule has 0 unspecified atom stereocenters. The summed E-state index contributed by atoms with van der Waals surface area (Å²) in [6.45, 7) is 3.00. The monoisotopic (exact) mass is 201 g/mol. The molecule has 0 spiro atoms. The normalized spacial score (nSPS) is 12.6. The van der Waals surface area contributed by atoms with Crippen molar-refractivity contribution >= 4 is 0 Å². The highest BCUT2D eigenvalue weighted by atomic mass is 15.1. The van der Waals surface area contributed by atoms with Crippen molar-refractivity contribution < 1.29 is 0 Å². The number of rotatable bonds is 4. The predicted octanol–water partition coefficient (Wildman–Crippen LogP) is 2.26. The maximum absolute atomic E-state index is 3.93. The van der Waals surface area contributed by atoms with Crippen LogP contribution >= 0.6 is 0 Å². The van der Waals surface area contributed by atoms with Gasteiger partial charge in [-0.2, -0.15) is 5.10 Å². The van der Waals surface area contributed by atoms with Gasteiger partial charge in [0.15, 0.2) is 0 Å². The summed E-state index contributed by atoms with van der Waals surface area (Å²) >= 11 is 0. The highest BCUT2D eigenvalue weighted by Crippen LogP contribution is 2.08. The number of hydrogen-bond donors (Lipinski definition) is 2. The first-order chi connectivity index (χ1) is 7.36. The van der Waals surface area contributed by atoms with Crippen LogP contribution in [0.2, 0.25) is 0 Å². The Kier molecular flexibility index (Phi) is 3.15. The molecule has 2 aromatic rings. The quantitative estimate of drug-likeness (QED) is 0.796. The van der Waals surface area contributed by atoms with Crippen molar-refractivity contribution in [2.24, 2.45) is 0 Å². The summed E-state index contributed by atoms with van der Waals surface area (Å²) in [5.41, 5.74) is 2.41. The summed E-state index contributed by atoms with van der Waals surface area (Å²) in [5, 5.41) is 10.3. The van der Waals surface area contributed by atoms with E-state index in [-0.39, 0.29) is 0 Å². The van der Waals surface area contributed by atoms with Gasteiger partial charge in [0.25, 0.3) is 0 Å². The number of hydrogen-bond acceptors (Lipinski definition) is 2. The fourth-order valence-corrected chi connectivity index (χ4v) is 1.48. The maximum atomic E-state index is 3.93. The van der Waals surface area contributed by atoms with E-state index in [9.17, 15) is 0 Å². The summed E-state index contributed by atoms with van der Waals surface area (Å²) in [6, 6.07) is 12.7. The van der Waals surface area contributed by atoms with Crippen molar-refractivity contribution in [1.82, 2.24) is 15.5 Å². The van der Waals surface area contributed by atoms with E-state index in [0.717, 1.165) is 12.2 Å². The molecular weight excluding hydrogens is 186 g/mol. The van der Waals surface area contributed by atoms with Crippen molar-refractivity contribution in [3.8, 4) is 0 Å². The van der Waals surface area contributed by atoms with E-state index in [1.807, 2.05) is 12.1 Å². The smallest absolute Gasteiger partial charge is 0.0518 e. The molecule has 1 aromatic heterocycles. The zero-order valence-corrected chi connectivity index (χ0v) is 8.77. The van der Waals surface area contributed by atoms with Crippen LogP contribution in [0.4, 0.5) is 0 Å². The molecule has 0 aliphatic carbocycles. The van der Waals surface area contributed by atoms with Gasteiger partial charge in [0.1, 0.15) is 0 Å². The zero-order valence-electron chi connectivity index (χ0n) is 8.77. The predicted molar refractivity (Wildman–Crippen MR) is 60.3 cm³/mol. The molecule has 0 amide bonds. The molecule has 0 bridgehead atoms. The van der Waals surface area contributed by atoms with Crippen molar-refractivity contribution in [3.05, 3.63) is 53.9 Å². The summed E-state index contributed by atoms with van der Waals surface area (Å²) in [7, 11) is 0. The second kappa shape index (κ2) is 4.75. The van der Waals surface area contributed by atoms with E-state index in [0.29, 0.717) is 6.04 Å². The number of nitrogens with one attached hydrogen (secondary N) is 2. The van der Waals surface area contributed by atoms with Crippen LogP contribution in [0.25, 0.3) is 0 Å². The third-order valence-corrected chi connectivity index (χ3v) is 2.44. The lowest BCUT2D eigenvalue weighted by Crippen LogP contribution is -2.18. The van der Waals surface area contributed by atoms with Crippen molar-refractivity contribution in [3.63, 3.8) is 0 Å². The van der Waals surface area contributed by atoms with Crippen LogP contribution in [-0.4, -0.2) is 10.2 Å². The third kappa shape index (κ3) is 2.67. The summed E-state index contributed by atoms with van der Waals surface area (Å²) < 4.78 is 0. The van der Waals surface area contributed by atoms with E-state index in [1.54, 1.807) is 6.20 Å². The Balaban J connectivity index is 1.89. The van der Waals surface area contributed by atoms with Crippen LogP contribution in [0, 0.1) is 0 Å². The Morgan fingerprint density at radius 2 is 2.07 bits per heavy atom. The van der Waals surface area contributed by atoms with Crippen molar-refractivity contribution in [1.29, 1.82) is 0 Å². The van der Waals surface area contributed by atoms with E-state index in [1.165, 1.54) is 5.56 Å². The Hall–Kier alpha value is -1.61. The molecule has 3 nitrogen and oxygen atoms in total. The minimum Gasteiger partial charge on any atom is -0.305 e. The summed E-state index contributed by atoms with van der Waals surface area (Å²) in [5.74, 6) is 0. The van der Waals surface area contributed by atoms with Gasteiger partial charge >= 0.3 is 0 Å². The van der Waals surface area contributed by atoms with Crippen molar-refractivity contribution in [2.45, 2.75) is 19.5 Å². The lowest BCUT2D eigenvalue weighted by molar-refractivity contribution is 0.560. The summed E-state index contributed by atoms with van der Waals surface area (Å²) in [6.07, 6.45) is 1.77. The molecule has 2 N–H and O–H groups in total. The van der Waals surface area contributed by atoms with Gasteiger partial charge in [-0.1, -0.05) is 30.3 Å². The standard InChI is InChI=1S/C12H15N3/c1-10(12-7-8-14-15-12)13-9-11-5-3-2-4-6-11/h2-8,10,13H,9H2,1H3,(H,14,15)/t10-/m0/s1. The second-order valence-electron chi connectivity index (χ2n) is 3.60. The highest BCUT2D eigenvalue weighted by Gasteiger charge is 2.04. The van der Waals surface area contributed by atoms with E-state index in [4.69, 9.17) is 0 Å². The molecule has 78 valence electrons. The molecule has 0 saturated carbocycles. The zero-order chi connectivity index (χ0) is 10.5. The Labute approximate surface area is 89.5 Å². The van der Waals surface area contributed by atoms with Crippen molar-refractivity contribution in [2.75, 3.05) is 0 Å². The Morgan fingerprint density at radius 1 is 1.27 bits per heavy atom. The molecule has 1 heterocycles. The van der Waals surface area contributed by atoms with E-state index < -0.39 is 0 Å². The Bertz CT molecular complexity index is 381. The SMILES string of the molecule is C[C@H](NCc1ccccc1)c1ccn[nH]1. The van der Waals surface area contributed by atoms with E-state index in [2.05, 4.69) is 46.7 Å². The minimum absolute atomic E-state index is 0.299. The number of aromatic amines is 1. The molecule has 0 aliphatic rings. The maximum Gasteiger partial charge on any atom is 0.0518 e. The van der Waals surface area contributed by atoms with Crippen LogP contribution in [0.5, 0.6) is 0 Å². The molecular formula is C12H15N3. The molecule has 0 fully saturated rings. The molecule has 1 aromatic carbocycles. The first-order valence-corrected chi connectivity index (χ1v) is 5.13. The van der Waals surface area contributed by atoms with Crippen LogP contribution in [0.1, 0.15) is 24.2 Å². The lowest BCUT2D eigenvalue weighted by atomic mass is 10.2. The van der Waals surface area contributed by atoms with Gasteiger partial charge < -0.3 is 5.32 Å². The van der Waals surface area contributed by atoms with Gasteiger partial charge in [-0.3, -0.25) is 5.10 Å². The van der Waals surface area contributed by atoms with Gasteiger partial charge in [-0.05, 0) is 18.6 Å². The fraction of sp³-hybridized carbons (Fsp3) is 0.250. The molecule has 0 saturated heterocycles. The first-order valence-electron chi connectivity index (χ1n) is 5.13. The molecule has 15 heavy (non-hydrogen) atoms. The van der Waals surface area contributed by atoms with Gasteiger partial charge in [-0.25, -0.2) is 0 Å². The third-order valence-electron chi connectivity index (χ3n) is 2.44. The van der Waals surface area contributed by atoms with Crippen LogP contribution in [0.15, 0.2) is 42.6 Å². The van der Waals surface area contributed by atoms with Gasteiger partial charge in [0.2, 0.25) is 0 Å². The van der Waals surface area contributed by atoms with Gasteiger partial charge in [0, 0.05) is 18.8 Å². The number of aromatic nitrogens is 2. The van der Waals surface area contributed by atoms with Gasteiger partial charge in [0.05, 0.1) is 5.69 Å². The first kappa shape index (κ1) is 9.93. The van der Waals surface area contributed by atoms with Crippen LogP contribution in [-0.2, 0) is 6.54 Å². The number of benzene rings is 1. The number of nitrogens with zero attached hydrogens (tertiary/aromatic N) is 1.